The average Bonchev–Trinajstić information content (AvgIpc) is 2.38. The van der Waals surface area contributed by atoms with Gasteiger partial charge in [0, 0.05) is 6.42 Å². The Hall–Kier alpha value is -1.51. The molecule has 3 heteroatoms. The second-order valence-corrected chi connectivity index (χ2v) is 4.32. The maximum absolute atomic E-state index is 11.6. The van der Waals surface area contributed by atoms with Gasteiger partial charge in [0.2, 0.25) is 0 Å². The molecule has 1 aromatic carbocycles. The number of hydrogen-bond acceptors (Lipinski definition) is 3. The highest BCUT2D eigenvalue weighted by atomic mass is 16.5. The van der Waals surface area contributed by atoms with Gasteiger partial charge in [0.05, 0.1) is 18.8 Å². The highest BCUT2D eigenvalue weighted by Gasteiger charge is 2.19. The van der Waals surface area contributed by atoms with Crippen molar-refractivity contribution in [2.75, 3.05) is 24.6 Å². The first-order valence-corrected chi connectivity index (χ1v) is 6.27. The summed E-state index contributed by atoms with van der Waals surface area (Å²) in [7, 11) is 0. The van der Waals surface area contributed by atoms with Gasteiger partial charge in [-0.2, -0.15) is 0 Å². The Kier molecular flexibility index (Phi) is 3.67. The van der Waals surface area contributed by atoms with Gasteiger partial charge < -0.3 is 9.64 Å². The number of fused-ring (bicyclic) bond motifs is 1. The monoisotopic (exact) mass is 233 g/mol. The maximum atomic E-state index is 11.6. The van der Waals surface area contributed by atoms with Gasteiger partial charge in [-0.3, -0.25) is 4.79 Å². The number of carbonyl (C=O) groups excluding carboxylic acids is 1. The number of nitrogens with zero attached hydrogens (tertiary/aromatic N) is 1. The van der Waals surface area contributed by atoms with Crippen LogP contribution in [-0.2, 0) is 11.2 Å². The Labute approximate surface area is 102 Å². The number of hydrogen-bond donors (Lipinski definition) is 0. The second-order valence-electron chi connectivity index (χ2n) is 4.32. The number of anilines is 1. The Morgan fingerprint density at radius 3 is 2.94 bits per heavy atom. The van der Waals surface area contributed by atoms with E-state index in [0.29, 0.717) is 19.6 Å². The summed E-state index contributed by atoms with van der Waals surface area (Å²) >= 11 is 0. The summed E-state index contributed by atoms with van der Waals surface area (Å²) < 4.78 is 5.62. The van der Waals surface area contributed by atoms with Crippen LogP contribution in [0.15, 0.2) is 18.2 Å². The largest absolute Gasteiger partial charge is 0.490 e. The van der Waals surface area contributed by atoms with E-state index in [9.17, 15) is 4.79 Å². The minimum Gasteiger partial charge on any atom is -0.490 e. The summed E-state index contributed by atoms with van der Waals surface area (Å²) in [5, 5.41) is 0. The van der Waals surface area contributed by atoms with Crippen LogP contribution < -0.4 is 9.64 Å². The molecular formula is C14H19NO2. The molecule has 0 aromatic heterocycles. The number of aryl methyl sites for hydroxylation is 1. The van der Waals surface area contributed by atoms with Crippen molar-refractivity contribution in [2.24, 2.45) is 0 Å². The fourth-order valence-electron chi connectivity index (χ4n) is 2.03. The number of ether oxygens (including phenoxy) is 1. The van der Waals surface area contributed by atoms with Crippen molar-refractivity contribution in [3.05, 3.63) is 23.8 Å². The van der Waals surface area contributed by atoms with E-state index >= 15 is 0 Å². The van der Waals surface area contributed by atoms with Gasteiger partial charge in [0.15, 0.2) is 5.78 Å². The van der Waals surface area contributed by atoms with Crippen molar-refractivity contribution < 1.29 is 9.53 Å². The van der Waals surface area contributed by atoms with Gasteiger partial charge in [-0.1, -0.05) is 19.9 Å². The molecule has 1 heterocycles. The summed E-state index contributed by atoms with van der Waals surface area (Å²) in [6.45, 7) is 6.00. The molecule has 0 saturated carbocycles. The van der Waals surface area contributed by atoms with E-state index in [0.717, 1.165) is 24.4 Å². The molecule has 0 bridgehead atoms. The van der Waals surface area contributed by atoms with Crippen LogP contribution in [0.1, 0.15) is 25.8 Å². The number of rotatable bonds is 4. The molecule has 17 heavy (non-hydrogen) atoms. The van der Waals surface area contributed by atoms with E-state index in [1.165, 1.54) is 5.56 Å². The predicted octanol–water partition coefficient (Wildman–Crippen LogP) is 2.43. The zero-order chi connectivity index (χ0) is 12.3. The van der Waals surface area contributed by atoms with Crippen LogP contribution >= 0.6 is 0 Å². The Morgan fingerprint density at radius 1 is 1.41 bits per heavy atom. The lowest BCUT2D eigenvalue weighted by molar-refractivity contribution is -0.117. The predicted molar refractivity (Wildman–Crippen MR) is 68.8 cm³/mol. The Balaban J connectivity index is 2.25. The van der Waals surface area contributed by atoms with Crippen molar-refractivity contribution in [1.29, 1.82) is 0 Å². The zero-order valence-electron chi connectivity index (χ0n) is 10.5. The molecule has 2 rings (SSSR count). The fourth-order valence-corrected chi connectivity index (χ4v) is 2.03. The van der Waals surface area contributed by atoms with Crippen LogP contribution in [0.2, 0.25) is 0 Å². The van der Waals surface area contributed by atoms with E-state index in [1.807, 2.05) is 13.0 Å². The van der Waals surface area contributed by atoms with Crippen molar-refractivity contribution in [3.8, 4) is 5.75 Å². The lowest BCUT2D eigenvalue weighted by atomic mass is 10.1. The van der Waals surface area contributed by atoms with E-state index in [1.54, 1.807) is 0 Å². The summed E-state index contributed by atoms with van der Waals surface area (Å²) in [5.74, 6) is 1.18. The molecule has 92 valence electrons. The van der Waals surface area contributed by atoms with Crippen LogP contribution in [0.25, 0.3) is 0 Å². The number of ketones is 1. The second kappa shape index (κ2) is 5.21. The average molecular weight is 233 g/mol. The minimum absolute atomic E-state index is 0.278. The molecule has 0 aliphatic carbocycles. The zero-order valence-corrected chi connectivity index (χ0v) is 10.5. The molecular weight excluding hydrogens is 214 g/mol. The van der Waals surface area contributed by atoms with E-state index < -0.39 is 0 Å². The molecule has 0 atom stereocenters. The molecule has 0 saturated heterocycles. The van der Waals surface area contributed by atoms with Gasteiger partial charge in [-0.25, -0.2) is 0 Å². The maximum Gasteiger partial charge on any atom is 0.151 e. The van der Waals surface area contributed by atoms with Crippen LogP contribution in [0.3, 0.4) is 0 Å². The molecule has 0 N–H and O–H groups in total. The highest BCUT2D eigenvalue weighted by molar-refractivity contribution is 5.84. The van der Waals surface area contributed by atoms with Crippen molar-refractivity contribution in [1.82, 2.24) is 0 Å². The van der Waals surface area contributed by atoms with Crippen LogP contribution in [0.5, 0.6) is 5.75 Å². The third-order valence-electron chi connectivity index (χ3n) is 3.15. The molecule has 1 aliphatic heterocycles. The number of carbonyl (C=O) groups is 1. The lowest BCUT2D eigenvalue weighted by Crippen LogP contribution is -2.36. The Bertz CT molecular complexity index is 415. The van der Waals surface area contributed by atoms with Crippen molar-refractivity contribution in [2.45, 2.75) is 26.7 Å². The van der Waals surface area contributed by atoms with Gasteiger partial charge in [0.25, 0.3) is 0 Å². The number of benzene rings is 1. The highest BCUT2D eigenvalue weighted by Crippen LogP contribution is 2.32. The van der Waals surface area contributed by atoms with Gasteiger partial charge in [-0.05, 0) is 24.1 Å². The van der Waals surface area contributed by atoms with Crippen molar-refractivity contribution >= 4 is 11.5 Å². The van der Waals surface area contributed by atoms with Crippen LogP contribution in [0.4, 0.5) is 5.69 Å². The quantitative estimate of drug-likeness (QED) is 0.800. The topological polar surface area (TPSA) is 29.5 Å². The SMILES string of the molecule is CCC(=O)CN1CCOc2ccc(CC)cc21. The first kappa shape index (κ1) is 12.0. The van der Waals surface area contributed by atoms with Gasteiger partial charge in [-0.15, -0.1) is 0 Å². The smallest absolute Gasteiger partial charge is 0.151 e. The van der Waals surface area contributed by atoms with E-state index in [4.69, 9.17) is 4.74 Å². The van der Waals surface area contributed by atoms with Gasteiger partial charge >= 0.3 is 0 Å². The Morgan fingerprint density at radius 2 is 2.24 bits per heavy atom. The fraction of sp³-hybridized carbons (Fsp3) is 0.500. The summed E-state index contributed by atoms with van der Waals surface area (Å²) in [6, 6.07) is 6.23. The van der Waals surface area contributed by atoms with E-state index in [-0.39, 0.29) is 5.78 Å². The molecule has 0 spiro atoms. The molecule has 1 aliphatic rings. The van der Waals surface area contributed by atoms with Crippen LogP contribution in [-0.4, -0.2) is 25.5 Å². The lowest BCUT2D eigenvalue weighted by Gasteiger charge is -2.31. The standard InChI is InChI=1S/C14H19NO2/c1-3-11-5-6-14-13(9-11)15(7-8-17-14)10-12(16)4-2/h5-6,9H,3-4,7-8,10H2,1-2H3. The molecule has 0 fully saturated rings. The summed E-state index contributed by atoms with van der Waals surface area (Å²) in [4.78, 5) is 13.7. The molecule has 0 unspecified atom stereocenters. The minimum atomic E-state index is 0.278. The van der Waals surface area contributed by atoms with Gasteiger partial charge in [0.1, 0.15) is 12.4 Å². The molecule has 0 radical (unpaired) electrons. The van der Waals surface area contributed by atoms with E-state index in [2.05, 4.69) is 24.0 Å². The summed E-state index contributed by atoms with van der Waals surface area (Å²) in [6.07, 6.45) is 1.60. The first-order valence-electron chi connectivity index (χ1n) is 6.27. The molecule has 1 aromatic rings. The number of Topliss-reactive ketones (excluding diaryl/α,β-unsaturated/α-hetero) is 1. The first-order chi connectivity index (χ1) is 8.24. The van der Waals surface area contributed by atoms with Crippen LogP contribution in [0, 0.1) is 0 Å². The summed E-state index contributed by atoms with van der Waals surface area (Å²) in [5.41, 5.74) is 2.35. The normalized spacial score (nSPS) is 14.1. The molecule has 0 amide bonds. The third-order valence-corrected chi connectivity index (χ3v) is 3.15. The van der Waals surface area contributed by atoms with Crippen molar-refractivity contribution in [3.63, 3.8) is 0 Å². The third kappa shape index (κ3) is 2.60. The molecule has 3 nitrogen and oxygen atoms in total.